The van der Waals surface area contributed by atoms with Crippen molar-refractivity contribution in [3.8, 4) is 17.6 Å². The van der Waals surface area contributed by atoms with Gasteiger partial charge in [-0.25, -0.2) is 4.39 Å². The number of ether oxygens (including phenoxy) is 1. The third-order valence-electron chi connectivity index (χ3n) is 3.67. The van der Waals surface area contributed by atoms with Gasteiger partial charge in [0.25, 0.3) is 0 Å². The summed E-state index contributed by atoms with van der Waals surface area (Å²) in [5, 5.41) is 8.69. The molecule has 1 aromatic carbocycles. The van der Waals surface area contributed by atoms with Gasteiger partial charge in [-0.1, -0.05) is 25.7 Å². The smallest absolute Gasteiger partial charge is 0.165 e. The molecule has 1 fully saturated rings. The molecule has 1 N–H and O–H groups in total. The van der Waals surface area contributed by atoms with E-state index in [-0.39, 0.29) is 24.3 Å². The van der Waals surface area contributed by atoms with E-state index in [1.807, 2.05) is 0 Å². The quantitative estimate of drug-likeness (QED) is 0.839. The number of halogens is 1. The standard InChI is InChI=1S/C17H21FO2/c1-12-8-13(2)10-15(9-12)20-17-11-14(4-3-7-19)5-6-16(17)18/h5-6,11-13,15,19H,7-10H2,1-2H3. The largest absolute Gasteiger partial charge is 0.487 e. The molecule has 108 valence electrons. The highest BCUT2D eigenvalue weighted by molar-refractivity contribution is 5.40. The SMILES string of the molecule is CC1CC(C)CC(Oc2cc(C#CCO)ccc2F)C1. The van der Waals surface area contributed by atoms with Gasteiger partial charge in [-0.05, 0) is 49.3 Å². The van der Waals surface area contributed by atoms with E-state index in [2.05, 4.69) is 25.7 Å². The molecule has 3 heteroatoms. The van der Waals surface area contributed by atoms with Crippen molar-refractivity contribution in [1.82, 2.24) is 0 Å². The van der Waals surface area contributed by atoms with E-state index >= 15 is 0 Å². The molecule has 0 heterocycles. The minimum atomic E-state index is -0.356. The van der Waals surface area contributed by atoms with E-state index in [1.165, 1.54) is 12.5 Å². The van der Waals surface area contributed by atoms with Gasteiger partial charge < -0.3 is 9.84 Å². The summed E-state index contributed by atoms with van der Waals surface area (Å²) in [5.41, 5.74) is 0.660. The first kappa shape index (κ1) is 14.9. The summed E-state index contributed by atoms with van der Waals surface area (Å²) in [5.74, 6) is 6.47. The molecule has 2 unspecified atom stereocenters. The second-order valence-electron chi connectivity index (χ2n) is 5.76. The zero-order chi connectivity index (χ0) is 14.5. The first-order valence-corrected chi connectivity index (χ1v) is 7.14. The van der Waals surface area contributed by atoms with Gasteiger partial charge in [0.2, 0.25) is 0 Å². The Labute approximate surface area is 120 Å². The second-order valence-corrected chi connectivity index (χ2v) is 5.76. The number of hydrogen-bond donors (Lipinski definition) is 1. The molecule has 0 spiro atoms. The molecule has 0 aromatic heterocycles. The average molecular weight is 276 g/mol. The Bertz CT molecular complexity index is 505. The van der Waals surface area contributed by atoms with Gasteiger partial charge in [-0.15, -0.1) is 0 Å². The minimum absolute atomic E-state index is 0.0734. The maximum atomic E-state index is 13.8. The Morgan fingerprint density at radius 1 is 1.25 bits per heavy atom. The van der Waals surface area contributed by atoms with Crippen LogP contribution in [0.3, 0.4) is 0 Å². The van der Waals surface area contributed by atoms with Gasteiger partial charge >= 0.3 is 0 Å². The molecule has 1 saturated carbocycles. The number of rotatable bonds is 2. The fourth-order valence-electron chi connectivity index (χ4n) is 2.96. The zero-order valence-electron chi connectivity index (χ0n) is 12.0. The number of aliphatic hydroxyl groups is 1. The number of aliphatic hydroxyl groups excluding tert-OH is 1. The summed E-state index contributed by atoms with van der Waals surface area (Å²) in [7, 11) is 0. The predicted octanol–water partition coefficient (Wildman–Crippen LogP) is 3.37. The summed E-state index contributed by atoms with van der Waals surface area (Å²) in [4.78, 5) is 0. The molecule has 2 nitrogen and oxygen atoms in total. The van der Waals surface area contributed by atoms with Gasteiger partial charge in [0.05, 0.1) is 6.10 Å². The highest BCUT2D eigenvalue weighted by Gasteiger charge is 2.25. The Morgan fingerprint density at radius 3 is 2.60 bits per heavy atom. The summed E-state index contributed by atoms with van der Waals surface area (Å²) in [6.07, 6.45) is 3.22. The Hall–Kier alpha value is -1.53. The molecular weight excluding hydrogens is 255 g/mol. The first-order valence-electron chi connectivity index (χ1n) is 7.14. The van der Waals surface area contributed by atoms with Crippen molar-refractivity contribution in [1.29, 1.82) is 0 Å². The van der Waals surface area contributed by atoms with E-state index in [0.29, 0.717) is 17.4 Å². The van der Waals surface area contributed by atoms with Crippen LogP contribution >= 0.6 is 0 Å². The van der Waals surface area contributed by atoms with Gasteiger partial charge in [-0.3, -0.25) is 0 Å². The second kappa shape index (κ2) is 6.76. The highest BCUT2D eigenvalue weighted by atomic mass is 19.1. The van der Waals surface area contributed by atoms with Crippen molar-refractivity contribution in [3.63, 3.8) is 0 Å². The van der Waals surface area contributed by atoms with E-state index in [0.717, 1.165) is 12.8 Å². The van der Waals surface area contributed by atoms with Crippen LogP contribution in [0.4, 0.5) is 4.39 Å². The predicted molar refractivity (Wildman–Crippen MR) is 77.0 cm³/mol. The van der Waals surface area contributed by atoms with Crippen LogP contribution in [-0.2, 0) is 0 Å². The molecule has 0 amide bonds. The summed E-state index contributed by atoms with van der Waals surface area (Å²) in [6.45, 7) is 4.22. The molecule has 1 aliphatic carbocycles. The molecule has 2 rings (SSSR count). The molecule has 2 atom stereocenters. The lowest BCUT2D eigenvalue weighted by Crippen LogP contribution is -2.28. The molecule has 0 radical (unpaired) electrons. The molecule has 1 aromatic rings. The lowest BCUT2D eigenvalue weighted by Gasteiger charge is -2.31. The summed E-state index contributed by atoms with van der Waals surface area (Å²) in [6, 6.07) is 4.57. The molecule has 0 aliphatic heterocycles. The normalized spacial score (nSPS) is 25.7. The van der Waals surface area contributed by atoms with Crippen molar-refractivity contribution in [2.45, 2.75) is 39.2 Å². The van der Waals surface area contributed by atoms with Crippen LogP contribution in [0.1, 0.15) is 38.7 Å². The Morgan fingerprint density at radius 2 is 1.95 bits per heavy atom. The summed E-state index contributed by atoms with van der Waals surface area (Å²) < 4.78 is 19.7. The van der Waals surface area contributed by atoms with E-state index in [4.69, 9.17) is 9.84 Å². The lowest BCUT2D eigenvalue weighted by molar-refractivity contribution is 0.0970. The average Bonchev–Trinajstić information content (AvgIpc) is 2.38. The van der Waals surface area contributed by atoms with Crippen molar-refractivity contribution in [2.75, 3.05) is 6.61 Å². The van der Waals surface area contributed by atoms with Crippen molar-refractivity contribution >= 4 is 0 Å². The fourth-order valence-corrected chi connectivity index (χ4v) is 2.96. The van der Waals surface area contributed by atoms with Crippen LogP contribution in [0, 0.1) is 29.5 Å². The molecule has 20 heavy (non-hydrogen) atoms. The van der Waals surface area contributed by atoms with Crippen LogP contribution in [0.5, 0.6) is 5.75 Å². The van der Waals surface area contributed by atoms with Gasteiger partial charge in [-0.2, -0.15) is 0 Å². The van der Waals surface area contributed by atoms with Crippen molar-refractivity contribution in [2.24, 2.45) is 11.8 Å². The zero-order valence-corrected chi connectivity index (χ0v) is 12.0. The van der Waals surface area contributed by atoms with Crippen LogP contribution in [0.2, 0.25) is 0 Å². The highest BCUT2D eigenvalue weighted by Crippen LogP contribution is 2.32. The minimum Gasteiger partial charge on any atom is -0.487 e. The van der Waals surface area contributed by atoms with Gasteiger partial charge in [0, 0.05) is 5.56 Å². The maximum Gasteiger partial charge on any atom is 0.165 e. The molecule has 0 saturated heterocycles. The van der Waals surface area contributed by atoms with Crippen molar-refractivity contribution < 1.29 is 14.2 Å². The van der Waals surface area contributed by atoms with Crippen LogP contribution in [0.25, 0.3) is 0 Å². The topological polar surface area (TPSA) is 29.5 Å². The number of benzene rings is 1. The van der Waals surface area contributed by atoms with Crippen LogP contribution < -0.4 is 4.74 Å². The third-order valence-corrected chi connectivity index (χ3v) is 3.67. The monoisotopic (exact) mass is 276 g/mol. The molecular formula is C17H21FO2. The van der Waals surface area contributed by atoms with Crippen LogP contribution in [-0.4, -0.2) is 17.8 Å². The summed E-state index contributed by atoms with van der Waals surface area (Å²) >= 11 is 0. The van der Waals surface area contributed by atoms with E-state index < -0.39 is 0 Å². The maximum absolute atomic E-state index is 13.8. The van der Waals surface area contributed by atoms with Crippen LogP contribution in [0.15, 0.2) is 18.2 Å². The van der Waals surface area contributed by atoms with E-state index in [1.54, 1.807) is 12.1 Å². The molecule has 0 bridgehead atoms. The Balaban J connectivity index is 2.11. The number of hydrogen-bond acceptors (Lipinski definition) is 2. The fraction of sp³-hybridized carbons (Fsp3) is 0.529. The van der Waals surface area contributed by atoms with Gasteiger partial charge in [0.15, 0.2) is 11.6 Å². The van der Waals surface area contributed by atoms with Crippen molar-refractivity contribution in [3.05, 3.63) is 29.6 Å². The lowest BCUT2D eigenvalue weighted by atomic mass is 9.82. The molecule has 1 aliphatic rings. The van der Waals surface area contributed by atoms with E-state index in [9.17, 15) is 4.39 Å². The Kier molecular flexibility index (Phi) is 5.03. The van der Waals surface area contributed by atoms with Gasteiger partial charge in [0.1, 0.15) is 6.61 Å². The first-order chi connectivity index (χ1) is 9.58. The third kappa shape index (κ3) is 3.98.